The van der Waals surface area contributed by atoms with Crippen molar-refractivity contribution in [1.82, 2.24) is 15.1 Å². The highest BCUT2D eigenvalue weighted by Crippen LogP contribution is 2.33. The summed E-state index contributed by atoms with van der Waals surface area (Å²) < 4.78 is 0. The molecule has 1 atom stereocenters. The summed E-state index contributed by atoms with van der Waals surface area (Å²) in [7, 11) is 1.90. The van der Waals surface area contributed by atoms with E-state index in [0.29, 0.717) is 13.1 Å². The molecule has 0 bridgehead atoms. The number of rotatable bonds is 4. The first-order valence-electron chi connectivity index (χ1n) is 9.87. The number of benzene rings is 2. The van der Waals surface area contributed by atoms with Crippen molar-refractivity contribution in [1.29, 1.82) is 0 Å². The number of likely N-dealkylation sites (tertiary alicyclic amines) is 1. The first kappa shape index (κ1) is 19.3. The molecule has 28 heavy (non-hydrogen) atoms. The van der Waals surface area contributed by atoms with E-state index in [1.165, 1.54) is 0 Å². The molecule has 5 nitrogen and oxygen atoms in total. The second kappa shape index (κ2) is 7.76. The van der Waals surface area contributed by atoms with E-state index >= 15 is 0 Å². The molecule has 1 spiro atoms. The lowest BCUT2D eigenvalue weighted by Crippen LogP contribution is -2.58. The van der Waals surface area contributed by atoms with Crippen LogP contribution in [0.2, 0.25) is 0 Å². The molecule has 2 aliphatic rings. The molecule has 6 heteroatoms. The lowest BCUT2D eigenvalue weighted by atomic mass is 9.95. The summed E-state index contributed by atoms with van der Waals surface area (Å²) in [6.07, 6.45) is 4.45. The maximum absolute atomic E-state index is 13.2. The molecule has 2 saturated heterocycles. The third-order valence-electron chi connectivity index (χ3n) is 6.22. The zero-order valence-corrected chi connectivity index (χ0v) is 17.3. The van der Waals surface area contributed by atoms with Gasteiger partial charge in [-0.15, -0.1) is 0 Å². The maximum Gasteiger partial charge on any atom is 0.254 e. The Morgan fingerprint density at radius 1 is 1.18 bits per heavy atom. The van der Waals surface area contributed by atoms with Gasteiger partial charge in [0.25, 0.3) is 5.91 Å². The second-order valence-corrected chi connectivity index (χ2v) is 8.71. The van der Waals surface area contributed by atoms with Crippen LogP contribution < -0.4 is 5.32 Å². The lowest BCUT2D eigenvalue weighted by Gasteiger charge is -2.43. The van der Waals surface area contributed by atoms with Gasteiger partial charge < -0.3 is 9.80 Å². The number of piperidine rings is 1. The number of hydrogen-bond acceptors (Lipinski definition) is 4. The van der Waals surface area contributed by atoms with Gasteiger partial charge in [-0.25, -0.2) is 0 Å². The van der Waals surface area contributed by atoms with Crippen LogP contribution in [0, 0.1) is 0 Å². The topological polar surface area (TPSA) is 52.7 Å². The Morgan fingerprint density at radius 2 is 1.89 bits per heavy atom. The van der Waals surface area contributed by atoms with E-state index < -0.39 is 0 Å². The van der Waals surface area contributed by atoms with Gasteiger partial charge in [0, 0.05) is 38.5 Å². The fourth-order valence-electron chi connectivity index (χ4n) is 4.50. The molecule has 4 rings (SSSR count). The molecule has 2 amide bonds. The van der Waals surface area contributed by atoms with Crippen molar-refractivity contribution in [3.05, 3.63) is 48.0 Å². The van der Waals surface area contributed by atoms with Crippen LogP contribution in [-0.2, 0) is 4.79 Å². The standard InChI is InChI=1S/C22H27N3O2S/c1-24-21(27)19(10-15-28-2)23-22(24)11-13-25(14-12-22)20(26)18-9-5-7-16-6-3-4-8-17(16)18/h3-9,19,23H,10-15H2,1-2H3. The number of thioether (sulfide) groups is 1. The van der Waals surface area contributed by atoms with Crippen LogP contribution in [0.4, 0.5) is 0 Å². The van der Waals surface area contributed by atoms with Gasteiger partial charge in [-0.05, 0) is 35.3 Å². The minimum absolute atomic E-state index is 0.0811. The van der Waals surface area contributed by atoms with Crippen LogP contribution in [0.5, 0.6) is 0 Å². The first-order valence-corrected chi connectivity index (χ1v) is 11.3. The molecule has 2 heterocycles. The van der Waals surface area contributed by atoms with Gasteiger partial charge in [0.1, 0.15) is 0 Å². The predicted molar refractivity (Wildman–Crippen MR) is 115 cm³/mol. The summed E-state index contributed by atoms with van der Waals surface area (Å²) in [6.45, 7) is 1.31. The smallest absolute Gasteiger partial charge is 0.254 e. The van der Waals surface area contributed by atoms with Crippen molar-refractivity contribution in [2.75, 3.05) is 32.1 Å². The van der Waals surface area contributed by atoms with Crippen molar-refractivity contribution in [2.45, 2.75) is 31.0 Å². The van der Waals surface area contributed by atoms with Gasteiger partial charge in [-0.3, -0.25) is 14.9 Å². The molecule has 0 radical (unpaired) electrons. The third-order valence-corrected chi connectivity index (χ3v) is 6.87. The number of fused-ring (bicyclic) bond motifs is 1. The van der Waals surface area contributed by atoms with Crippen LogP contribution in [0.15, 0.2) is 42.5 Å². The van der Waals surface area contributed by atoms with E-state index in [9.17, 15) is 9.59 Å². The SMILES string of the molecule is CSCCC1NC2(CCN(C(=O)c3cccc4ccccc34)CC2)N(C)C1=O. The van der Waals surface area contributed by atoms with Crippen LogP contribution >= 0.6 is 11.8 Å². The van der Waals surface area contributed by atoms with Crippen LogP contribution in [-0.4, -0.2) is 65.5 Å². The minimum atomic E-state index is -0.310. The summed E-state index contributed by atoms with van der Waals surface area (Å²) in [5.74, 6) is 1.24. The van der Waals surface area contributed by atoms with Gasteiger partial charge in [-0.1, -0.05) is 36.4 Å². The van der Waals surface area contributed by atoms with Crippen molar-refractivity contribution < 1.29 is 9.59 Å². The van der Waals surface area contributed by atoms with E-state index in [1.54, 1.807) is 11.8 Å². The van der Waals surface area contributed by atoms with E-state index in [1.807, 2.05) is 59.3 Å². The normalized spacial score (nSPS) is 21.6. The predicted octanol–water partition coefficient (Wildman–Crippen LogP) is 2.96. The summed E-state index contributed by atoms with van der Waals surface area (Å²) in [6, 6.07) is 13.8. The Morgan fingerprint density at radius 3 is 2.64 bits per heavy atom. The third kappa shape index (κ3) is 3.29. The minimum Gasteiger partial charge on any atom is -0.338 e. The highest BCUT2D eigenvalue weighted by atomic mass is 32.2. The molecule has 0 aromatic heterocycles. The number of amides is 2. The summed E-state index contributed by atoms with van der Waals surface area (Å²) in [4.78, 5) is 29.7. The van der Waals surface area contributed by atoms with E-state index in [0.717, 1.165) is 41.4 Å². The summed E-state index contributed by atoms with van der Waals surface area (Å²) in [5, 5.41) is 5.68. The second-order valence-electron chi connectivity index (χ2n) is 7.73. The zero-order valence-electron chi connectivity index (χ0n) is 16.5. The Bertz CT molecular complexity index is 887. The maximum atomic E-state index is 13.2. The molecule has 0 saturated carbocycles. The summed E-state index contributed by atoms with van der Waals surface area (Å²) in [5.41, 5.74) is 0.450. The van der Waals surface area contributed by atoms with Gasteiger partial charge in [0.05, 0.1) is 11.7 Å². The fraction of sp³-hybridized carbons (Fsp3) is 0.455. The van der Waals surface area contributed by atoms with Gasteiger partial charge >= 0.3 is 0 Å². The largest absolute Gasteiger partial charge is 0.338 e. The number of nitrogens with zero attached hydrogens (tertiary/aromatic N) is 2. The first-order chi connectivity index (χ1) is 13.6. The lowest BCUT2D eigenvalue weighted by molar-refractivity contribution is -0.131. The highest BCUT2D eigenvalue weighted by molar-refractivity contribution is 7.98. The van der Waals surface area contributed by atoms with Crippen LogP contribution in [0.3, 0.4) is 0 Å². The van der Waals surface area contributed by atoms with Crippen LogP contribution in [0.1, 0.15) is 29.6 Å². The van der Waals surface area contributed by atoms with Gasteiger partial charge in [0.15, 0.2) is 0 Å². The van der Waals surface area contributed by atoms with Crippen molar-refractivity contribution in [3.8, 4) is 0 Å². The molecule has 2 aromatic rings. The van der Waals surface area contributed by atoms with E-state index in [2.05, 4.69) is 11.6 Å². The fourth-order valence-corrected chi connectivity index (χ4v) is 4.97. The number of carbonyl (C=O) groups is 2. The molecule has 1 unspecified atom stereocenters. The molecule has 1 N–H and O–H groups in total. The Labute approximate surface area is 170 Å². The van der Waals surface area contributed by atoms with Crippen molar-refractivity contribution in [3.63, 3.8) is 0 Å². The number of hydrogen-bond donors (Lipinski definition) is 1. The van der Waals surface area contributed by atoms with Crippen LogP contribution in [0.25, 0.3) is 10.8 Å². The average molecular weight is 398 g/mol. The van der Waals surface area contributed by atoms with E-state index in [4.69, 9.17) is 0 Å². The highest BCUT2D eigenvalue weighted by Gasteiger charge is 2.49. The average Bonchev–Trinajstić information content (AvgIpc) is 2.96. The Kier molecular flexibility index (Phi) is 5.34. The molecular weight excluding hydrogens is 370 g/mol. The molecular formula is C22H27N3O2S. The Balaban J connectivity index is 1.48. The summed E-state index contributed by atoms with van der Waals surface area (Å²) >= 11 is 1.77. The number of carbonyl (C=O) groups excluding carboxylic acids is 2. The molecule has 148 valence electrons. The monoisotopic (exact) mass is 397 g/mol. The molecule has 2 aromatic carbocycles. The Hall–Kier alpha value is -2.05. The van der Waals surface area contributed by atoms with Crippen molar-refractivity contribution >= 4 is 34.3 Å². The molecule has 2 aliphatic heterocycles. The van der Waals surface area contributed by atoms with Gasteiger partial charge in [-0.2, -0.15) is 11.8 Å². The quantitative estimate of drug-likeness (QED) is 0.862. The molecule has 0 aliphatic carbocycles. The van der Waals surface area contributed by atoms with Crippen molar-refractivity contribution in [2.24, 2.45) is 0 Å². The zero-order chi connectivity index (χ0) is 19.7. The van der Waals surface area contributed by atoms with Gasteiger partial charge in [0.2, 0.25) is 5.91 Å². The number of nitrogens with one attached hydrogen (secondary N) is 1. The molecule has 2 fully saturated rings. The number of likely N-dealkylation sites (N-methyl/N-ethyl adjacent to an activating group) is 1. The van der Waals surface area contributed by atoms with E-state index in [-0.39, 0.29) is 23.5 Å².